The van der Waals surface area contributed by atoms with E-state index in [0.29, 0.717) is 23.8 Å². The Morgan fingerprint density at radius 2 is 1.80 bits per heavy atom. The fourth-order valence-corrected chi connectivity index (χ4v) is 6.98. The molecule has 0 aliphatic carbocycles. The highest BCUT2D eigenvalue weighted by atomic mass is 35.5. The van der Waals surface area contributed by atoms with Gasteiger partial charge in [-0.3, -0.25) is 9.69 Å². The number of thiazole rings is 1. The normalized spacial score (nSPS) is 16.9. The molecular formula is C25H33ClN4O3S2. The summed E-state index contributed by atoms with van der Waals surface area (Å²) in [6.45, 7) is 3.88. The summed E-state index contributed by atoms with van der Waals surface area (Å²) in [6, 6.07) is 14.2. The lowest BCUT2D eigenvalue weighted by Crippen LogP contribution is -2.41. The Bertz CT molecular complexity index is 1210. The summed E-state index contributed by atoms with van der Waals surface area (Å²) in [5.41, 5.74) is 1.32. The number of hydrogen-bond acceptors (Lipinski definition) is 6. The number of fused-ring (bicyclic) bond motifs is 1. The van der Waals surface area contributed by atoms with Gasteiger partial charge < -0.3 is 4.90 Å². The molecule has 1 saturated heterocycles. The van der Waals surface area contributed by atoms with E-state index in [0.717, 1.165) is 42.4 Å². The van der Waals surface area contributed by atoms with Gasteiger partial charge in [0.25, 0.3) is 5.91 Å². The Labute approximate surface area is 218 Å². The van der Waals surface area contributed by atoms with Crippen molar-refractivity contribution < 1.29 is 13.2 Å². The zero-order valence-electron chi connectivity index (χ0n) is 20.4. The quantitative estimate of drug-likeness (QED) is 0.410. The number of rotatable bonds is 8. The van der Waals surface area contributed by atoms with Crippen molar-refractivity contribution in [2.45, 2.75) is 43.5 Å². The average Bonchev–Trinajstić information content (AvgIpc) is 3.25. The molecule has 1 fully saturated rings. The van der Waals surface area contributed by atoms with E-state index in [2.05, 4.69) is 4.90 Å². The number of carbonyl (C=O) groups excluding carboxylic acids is 1. The Morgan fingerprint density at radius 3 is 2.46 bits per heavy atom. The summed E-state index contributed by atoms with van der Waals surface area (Å²) in [4.78, 5) is 22.3. The lowest BCUT2D eigenvalue weighted by molar-refractivity contribution is 0.0986. The maximum Gasteiger partial charge on any atom is 0.260 e. The molecule has 0 radical (unpaired) electrons. The molecule has 1 unspecified atom stereocenters. The molecule has 1 amide bonds. The molecule has 1 aromatic heterocycles. The van der Waals surface area contributed by atoms with Gasteiger partial charge in [-0.05, 0) is 83.2 Å². The summed E-state index contributed by atoms with van der Waals surface area (Å²) in [7, 11) is 0.438. The Kier molecular flexibility index (Phi) is 9.28. The summed E-state index contributed by atoms with van der Waals surface area (Å²) >= 11 is 1.49. The Hall–Kier alpha value is -2.04. The molecule has 3 aromatic rings. The molecule has 0 bridgehead atoms. The van der Waals surface area contributed by atoms with Crippen molar-refractivity contribution in [2.75, 3.05) is 38.6 Å². The van der Waals surface area contributed by atoms with Gasteiger partial charge in [-0.2, -0.15) is 4.31 Å². The topological polar surface area (TPSA) is 73.8 Å². The molecule has 0 spiro atoms. The van der Waals surface area contributed by atoms with Crippen LogP contribution in [0.25, 0.3) is 10.2 Å². The highest BCUT2D eigenvalue weighted by Gasteiger charge is 2.31. The SMILES string of the molecule is CC1CCCCN1S(=O)(=O)c1ccc(C(=O)N(CCCN(C)C)c2nc3ccccc3s2)cc1.Cl. The van der Waals surface area contributed by atoms with Gasteiger partial charge in [0.05, 0.1) is 15.1 Å². The van der Waals surface area contributed by atoms with Gasteiger partial charge in [-0.1, -0.05) is 29.9 Å². The number of carbonyl (C=O) groups is 1. The number of para-hydroxylation sites is 1. The lowest BCUT2D eigenvalue weighted by atomic mass is 10.1. The van der Waals surface area contributed by atoms with E-state index in [4.69, 9.17) is 4.98 Å². The second-order valence-corrected chi connectivity index (χ2v) is 12.0. The molecular weight excluding hydrogens is 504 g/mol. The van der Waals surface area contributed by atoms with Crippen molar-refractivity contribution in [3.05, 3.63) is 54.1 Å². The number of benzene rings is 2. The number of hydrogen-bond donors (Lipinski definition) is 0. The second-order valence-electron chi connectivity index (χ2n) is 9.06. The van der Waals surface area contributed by atoms with E-state index in [1.807, 2.05) is 45.3 Å². The molecule has 35 heavy (non-hydrogen) atoms. The van der Waals surface area contributed by atoms with Crippen LogP contribution < -0.4 is 4.90 Å². The van der Waals surface area contributed by atoms with E-state index in [1.54, 1.807) is 33.5 Å². The number of nitrogens with zero attached hydrogens (tertiary/aromatic N) is 4. The third-order valence-corrected chi connectivity index (χ3v) is 9.28. The van der Waals surface area contributed by atoms with Crippen LogP contribution in [0.2, 0.25) is 0 Å². The lowest BCUT2D eigenvalue weighted by Gasteiger charge is -2.32. The highest BCUT2D eigenvalue weighted by molar-refractivity contribution is 7.89. The summed E-state index contributed by atoms with van der Waals surface area (Å²) < 4.78 is 28.9. The Balaban J connectivity index is 0.00000342. The second kappa shape index (κ2) is 11.8. The first-order chi connectivity index (χ1) is 16.3. The zero-order chi connectivity index (χ0) is 24.3. The first kappa shape index (κ1) is 27.5. The van der Waals surface area contributed by atoms with Crippen molar-refractivity contribution in [3.8, 4) is 0 Å². The molecule has 1 aliphatic heterocycles. The molecule has 7 nitrogen and oxygen atoms in total. The molecule has 1 atom stereocenters. The van der Waals surface area contributed by atoms with Crippen LogP contribution in [0.1, 0.15) is 43.0 Å². The number of anilines is 1. The van der Waals surface area contributed by atoms with E-state index < -0.39 is 10.0 Å². The molecule has 1 aliphatic rings. The van der Waals surface area contributed by atoms with Crippen LogP contribution in [-0.4, -0.2) is 68.3 Å². The summed E-state index contributed by atoms with van der Waals surface area (Å²) in [5.74, 6) is -0.173. The van der Waals surface area contributed by atoms with Crippen LogP contribution in [0.3, 0.4) is 0 Å². The fraction of sp³-hybridized carbons (Fsp3) is 0.440. The number of piperidine rings is 1. The van der Waals surface area contributed by atoms with Gasteiger partial charge in [0.15, 0.2) is 5.13 Å². The number of halogens is 1. The van der Waals surface area contributed by atoms with Crippen molar-refractivity contribution in [3.63, 3.8) is 0 Å². The van der Waals surface area contributed by atoms with E-state index in [-0.39, 0.29) is 29.3 Å². The molecule has 2 heterocycles. The third kappa shape index (κ3) is 6.21. The first-order valence-corrected chi connectivity index (χ1v) is 14.0. The van der Waals surface area contributed by atoms with Crippen LogP contribution in [-0.2, 0) is 10.0 Å². The molecule has 0 N–H and O–H groups in total. The monoisotopic (exact) mass is 536 g/mol. The van der Waals surface area contributed by atoms with Gasteiger partial charge in [-0.15, -0.1) is 12.4 Å². The largest absolute Gasteiger partial charge is 0.309 e. The van der Waals surface area contributed by atoms with Crippen molar-refractivity contribution in [2.24, 2.45) is 0 Å². The summed E-state index contributed by atoms with van der Waals surface area (Å²) in [5, 5.41) is 0.656. The predicted molar refractivity (Wildman–Crippen MR) is 145 cm³/mol. The molecule has 190 valence electrons. The average molecular weight is 537 g/mol. The highest BCUT2D eigenvalue weighted by Crippen LogP contribution is 2.30. The van der Waals surface area contributed by atoms with Crippen molar-refractivity contribution in [1.29, 1.82) is 0 Å². The van der Waals surface area contributed by atoms with Gasteiger partial charge in [0.1, 0.15) is 0 Å². The van der Waals surface area contributed by atoms with Crippen LogP contribution in [0.5, 0.6) is 0 Å². The summed E-state index contributed by atoms with van der Waals surface area (Å²) in [6.07, 6.45) is 3.61. The Morgan fingerprint density at radius 1 is 1.09 bits per heavy atom. The maximum absolute atomic E-state index is 13.5. The number of sulfonamides is 1. The number of amides is 1. The van der Waals surface area contributed by atoms with Crippen molar-refractivity contribution >= 4 is 55.0 Å². The van der Waals surface area contributed by atoms with Gasteiger partial charge in [0.2, 0.25) is 10.0 Å². The third-order valence-electron chi connectivity index (χ3n) is 6.20. The van der Waals surface area contributed by atoms with Gasteiger partial charge in [-0.25, -0.2) is 13.4 Å². The van der Waals surface area contributed by atoms with Crippen LogP contribution in [0, 0.1) is 0 Å². The zero-order valence-corrected chi connectivity index (χ0v) is 22.8. The molecule has 10 heteroatoms. The van der Waals surface area contributed by atoms with E-state index >= 15 is 0 Å². The fourth-order valence-electron chi connectivity index (χ4n) is 4.29. The minimum Gasteiger partial charge on any atom is -0.309 e. The van der Waals surface area contributed by atoms with Crippen LogP contribution in [0.4, 0.5) is 5.13 Å². The maximum atomic E-state index is 13.5. The van der Waals surface area contributed by atoms with Gasteiger partial charge in [0, 0.05) is 24.7 Å². The molecule has 0 saturated carbocycles. The van der Waals surface area contributed by atoms with Crippen LogP contribution in [0.15, 0.2) is 53.4 Å². The standard InChI is InChI=1S/C25H32N4O3S2.ClH/c1-19-9-6-7-18-29(19)34(31,32)21-14-12-20(13-15-21)24(30)28(17-8-16-27(2)3)25-26-22-10-4-5-11-23(22)33-25;/h4-5,10-15,19H,6-9,16-18H2,1-3H3;1H. The number of aromatic nitrogens is 1. The first-order valence-electron chi connectivity index (χ1n) is 11.7. The van der Waals surface area contributed by atoms with E-state index in [9.17, 15) is 13.2 Å². The molecule has 2 aromatic carbocycles. The predicted octanol–water partition coefficient (Wildman–Crippen LogP) is 4.88. The van der Waals surface area contributed by atoms with Gasteiger partial charge >= 0.3 is 0 Å². The van der Waals surface area contributed by atoms with Crippen LogP contribution >= 0.6 is 23.7 Å². The minimum atomic E-state index is -3.57. The van der Waals surface area contributed by atoms with E-state index in [1.165, 1.54) is 11.3 Å². The smallest absolute Gasteiger partial charge is 0.260 e. The molecule has 4 rings (SSSR count). The minimum absolute atomic E-state index is 0. The van der Waals surface area contributed by atoms with Crippen molar-refractivity contribution in [1.82, 2.24) is 14.2 Å².